The first-order chi connectivity index (χ1) is 8.90. The fourth-order valence-corrected chi connectivity index (χ4v) is 1.76. The summed E-state index contributed by atoms with van der Waals surface area (Å²) >= 11 is 0. The lowest BCUT2D eigenvalue weighted by atomic mass is 9.87. The fourth-order valence-electron chi connectivity index (χ4n) is 1.76. The number of rotatable bonds is 4. The van der Waals surface area contributed by atoms with Crippen molar-refractivity contribution < 1.29 is 9.90 Å². The zero-order chi connectivity index (χ0) is 14.5. The number of carbonyl (C=O) groups excluding carboxylic acids is 1. The number of carbonyl (C=O) groups is 1. The Balaban J connectivity index is 2.86. The smallest absolute Gasteiger partial charge is 0.244 e. The number of amides is 1. The maximum Gasteiger partial charge on any atom is 0.244 e. The number of hydrogen-bond donors (Lipinski definition) is 2. The molecule has 0 bridgehead atoms. The van der Waals surface area contributed by atoms with Crippen LogP contribution in [0.15, 0.2) is 11.6 Å². The molecule has 0 aromatic rings. The van der Waals surface area contributed by atoms with Crippen molar-refractivity contribution in [1.82, 2.24) is 5.32 Å². The highest BCUT2D eigenvalue weighted by Gasteiger charge is 2.56. The van der Waals surface area contributed by atoms with Crippen LogP contribution in [0.25, 0.3) is 0 Å². The van der Waals surface area contributed by atoms with Gasteiger partial charge in [-0.05, 0) is 33.1 Å². The first-order valence-corrected chi connectivity index (χ1v) is 6.56. The molecule has 0 aliphatic heterocycles. The molecular formula is C15H20N2O2. The third-order valence-electron chi connectivity index (χ3n) is 3.40. The second kappa shape index (κ2) is 5.91. The number of nitrogens with one attached hydrogen (secondary N) is 1. The van der Waals surface area contributed by atoms with Gasteiger partial charge in [-0.15, -0.1) is 0 Å². The van der Waals surface area contributed by atoms with Crippen LogP contribution in [0, 0.1) is 28.6 Å². The van der Waals surface area contributed by atoms with Crippen molar-refractivity contribution in [3.05, 3.63) is 11.6 Å². The van der Waals surface area contributed by atoms with Gasteiger partial charge >= 0.3 is 0 Å². The van der Waals surface area contributed by atoms with Crippen molar-refractivity contribution in [2.24, 2.45) is 5.41 Å². The van der Waals surface area contributed by atoms with Crippen LogP contribution >= 0.6 is 0 Å². The number of nitrogens with zero attached hydrogens (tertiary/aromatic N) is 1. The molecule has 102 valence electrons. The van der Waals surface area contributed by atoms with Gasteiger partial charge in [0.15, 0.2) is 0 Å². The van der Waals surface area contributed by atoms with Crippen LogP contribution in [0.5, 0.6) is 0 Å². The van der Waals surface area contributed by atoms with Gasteiger partial charge in [-0.1, -0.05) is 18.8 Å². The van der Waals surface area contributed by atoms with Crippen molar-refractivity contribution in [2.75, 3.05) is 6.54 Å². The van der Waals surface area contributed by atoms with E-state index in [4.69, 9.17) is 5.26 Å². The highest BCUT2D eigenvalue weighted by atomic mass is 16.3. The van der Waals surface area contributed by atoms with E-state index in [1.807, 2.05) is 13.8 Å². The predicted octanol–water partition coefficient (Wildman–Crippen LogP) is 1.52. The molecule has 1 saturated carbocycles. The van der Waals surface area contributed by atoms with Crippen LogP contribution in [0.3, 0.4) is 0 Å². The number of likely N-dealkylation sites (N-methyl/N-ethyl adjacent to an activating group) is 1. The largest absolute Gasteiger partial charge is 0.376 e. The number of nitriles is 1. The van der Waals surface area contributed by atoms with Gasteiger partial charge in [0.2, 0.25) is 5.91 Å². The predicted molar refractivity (Wildman–Crippen MR) is 72.7 cm³/mol. The molecule has 0 heterocycles. The summed E-state index contributed by atoms with van der Waals surface area (Å²) in [6.45, 7) is 5.87. The molecular weight excluding hydrogens is 240 g/mol. The molecule has 0 radical (unpaired) electrons. The molecule has 1 aliphatic rings. The molecule has 0 aromatic heterocycles. The summed E-state index contributed by atoms with van der Waals surface area (Å²) in [5.74, 6) is 5.39. The lowest BCUT2D eigenvalue weighted by Gasteiger charge is -2.21. The Morgan fingerprint density at radius 2 is 2.16 bits per heavy atom. The van der Waals surface area contributed by atoms with E-state index < -0.39 is 11.0 Å². The second-order valence-corrected chi connectivity index (χ2v) is 4.93. The van der Waals surface area contributed by atoms with Gasteiger partial charge in [-0.2, -0.15) is 5.26 Å². The molecule has 0 saturated heterocycles. The molecule has 1 fully saturated rings. The summed E-state index contributed by atoms with van der Waals surface area (Å²) in [7, 11) is 0. The van der Waals surface area contributed by atoms with E-state index in [9.17, 15) is 9.90 Å². The van der Waals surface area contributed by atoms with E-state index in [0.29, 0.717) is 31.4 Å². The van der Waals surface area contributed by atoms with E-state index in [-0.39, 0.29) is 5.91 Å². The Morgan fingerprint density at radius 1 is 1.53 bits per heavy atom. The highest BCUT2D eigenvalue weighted by molar-refractivity contribution is 5.88. The van der Waals surface area contributed by atoms with E-state index in [2.05, 4.69) is 23.2 Å². The molecule has 1 amide bonds. The lowest BCUT2D eigenvalue weighted by Crippen LogP contribution is -2.33. The monoisotopic (exact) mass is 260 g/mol. The Labute approximate surface area is 114 Å². The minimum Gasteiger partial charge on any atom is -0.376 e. The maximum atomic E-state index is 11.4. The van der Waals surface area contributed by atoms with Gasteiger partial charge in [0.25, 0.3) is 0 Å². The standard InChI is InChI=1S/C15H20N2O2/c1-4-12(10-13(18)17-5-2)6-7-14(3,19)15(11-16)8-9-15/h10,19H,4-5,8-9H2,1-3H3,(H,17,18)/b12-10-/t14-/m1/s1. The van der Waals surface area contributed by atoms with Crippen LogP contribution in [-0.2, 0) is 4.79 Å². The van der Waals surface area contributed by atoms with E-state index in [1.54, 1.807) is 6.92 Å². The Morgan fingerprint density at radius 3 is 2.58 bits per heavy atom. The fraction of sp³-hybridized carbons (Fsp3) is 0.600. The summed E-state index contributed by atoms with van der Waals surface area (Å²) in [6, 6.07) is 2.14. The quantitative estimate of drug-likeness (QED) is 0.594. The topological polar surface area (TPSA) is 73.1 Å². The molecule has 4 heteroatoms. The molecule has 1 aliphatic carbocycles. The Kier molecular flexibility index (Phi) is 4.75. The molecule has 0 unspecified atom stereocenters. The third-order valence-corrected chi connectivity index (χ3v) is 3.40. The van der Waals surface area contributed by atoms with Crippen LogP contribution in [-0.4, -0.2) is 23.2 Å². The number of aliphatic hydroxyl groups is 1. The normalized spacial score (nSPS) is 19.4. The van der Waals surface area contributed by atoms with Crippen molar-refractivity contribution in [2.45, 2.75) is 45.6 Å². The Bertz CT molecular complexity index is 483. The van der Waals surface area contributed by atoms with Gasteiger partial charge in [-0.3, -0.25) is 4.79 Å². The van der Waals surface area contributed by atoms with E-state index in [0.717, 1.165) is 0 Å². The summed E-state index contributed by atoms with van der Waals surface area (Å²) in [5.41, 5.74) is -1.40. The number of hydrogen-bond acceptors (Lipinski definition) is 3. The Hall–Kier alpha value is -1.78. The van der Waals surface area contributed by atoms with Crippen LogP contribution in [0.4, 0.5) is 0 Å². The van der Waals surface area contributed by atoms with Crippen molar-refractivity contribution >= 4 is 5.91 Å². The van der Waals surface area contributed by atoms with Crippen LogP contribution < -0.4 is 5.32 Å². The first kappa shape index (κ1) is 15.3. The van der Waals surface area contributed by atoms with E-state index in [1.165, 1.54) is 6.08 Å². The molecule has 0 spiro atoms. The van der Waals surface area contributed by atoms with Crippen molar-refractivity contribution in [3.63, 3.8) is 0 Å². The van der Waals surface area contributed by atoms with E-state index >= 15 is 0 Å². The van der Waals surface area contributed by atoms with Crippen LogP contribution in [0.1, 0.15) is 40.0 Å². The average molecular weight is 260 g/mol. The van der Waals surface area contributed by atoms with Crippen molar-refractivity contribution in [3.8, 4) is 17.9 Å². The minimum atomic E-state index is -1.32. The second-order valence-electron chi connectivity index (χ2n) is 4.93. The first-order valence-electron chi connectivity index (χ1n) is 6.56. The molecule has 4 nitrogen and oxygen atoms in total. The summed E-state index contributed by atoms with van der Waals surface area (Å²) in [5, 5.41) is 22.0. The van der Waals surface area contributed by atoms with Gasteiger partial charge in [-0.25, -0.2) is 0 Å². The van der Waals surface area contributed by atoms with Crippen molar-refractivity contribution in [1.29, 1.82) is 5.26 Å². The summed E-state index contributed by atoms with van der Waals surface area (Å²) < 4.78 is 0. The summed E-state index contributed by atoms with van der Waals surface area (Å²) in [6.07, 6.45) is 3.40. The average Bonchev–Trinajstić information content (AvgIpc) is 3.16. The van der Waals surface area contributed by atoms with Crippen LogP contribution in [0.2, 0.25) is 0 Å². The molecule has 1 atom stereocenters. The lowest BCUT2D eigenvalue weighted by molar-refractivity contribution is -0.116. The van der Waals surface area contributed by atoms with Gasteiger partial charge < -0.3 is 10.4 Å². The molecule has 1 rings (SSSR count). The van der Waals surface area contributed by atoms with Gasteiger partial charge in [0.05, 0.1) is 11.5 Å². The van der Waals surface area contributed by atoms with Gasteiger partial charge in [0.1, 0.15) is 5.60 Å². The number of allylic oxidation sites excluding steroid dienone is 1. The zero-order valence-electron chi connectivity index (χ0n) is 11.7. The molecule has 2 N–H and O–H groups in total. The summed E-state index contributed by atoms with van der Waals surface area (Å²) in [4.78, 5) is 11.4. The van der Waals surface area contributed by atoms with Gasteiger partial charge in [0, 0.05) is 18.2 Å². The molecule has 0 aromatic carbocycles. The minimum absolute atomic E-state index is 0.185. The molecule has 19 heavy (non-hydrogen) atoms. The zero-order valence-corrected chi connectivity index (χ0v) is 11.7. The SMILES string of the molecule is CCNC(=O)/C=C(\C#C[C@@](C)(O)C1(C#N)CC1)CC. The maximum absolute atomic E-state index is 11.4. The third kappa shape index (κ3) is 3.59. The highest BCUT2D eigenvalue weighted by Crippen LogP contribution is 2.53.